The number of anilines is 3. The number of rotatable bonds is 3. The molecule has 2 rings (SSSR count). The number of ether oxygens (including phenoxy) is 1. The molecule has 0 unspecified atom stereocenters. The second-order valence-electron chi connectivity index (χ2n) is 3.90. The van der Waals surface area contributed by atoms with Gasteiger partial charge in [0.25, 0.3) is 0 Å². The van der Waals surface area contributed by atoms with E-state index in [1.54, 1.807) is 18.2 Å². The molecule has 0 atom stereocenters. The number of hydrogen-bond donors (Lipinski definition) is 2. The van der Waals surface area contributed by atoms with Gasteiger partial charge < -0.3 is 15.8 Å². The first kappa shape index (κ1) is 12.2. The lowest BCUT2D eigenvalue weighted by atomic mass is 10.2. The zero-order valence-corrected chi connectivity index (χ0v) is 10.2. The number of pyridine rings is 1. The number of nitrogen functional groups attached to an aromatic ring is 1. The third kappa shape index (κ3) is 2.51. The predicted molar refractivity (Wildman–Crippen MR) is 69.6 cm³/mol. The first-order valence-electron chi connectivity index (χ1n) is 5.43. The largest absolute Gasteiger partial charge is 0.497 e. The standard InChI is InChI=1S/C13H14FN3O/c1-8-5-13(16-7-11(8)15)17-12-6-9(18-2)3-4-10(12)14/h3-7H,15H2,1-2H3,(H,16,17). The Morgan fingerprint density at radius 2 is 2.11 bits per heavy atom. The number of aryl methyl sites for hydroxylation is 1. The molecule has 0 amide bonds. The normalized spacial score (nSPS) is 10.2. The highest BCUT2D eigenvalue weighted by molar-refractivity contribution is 5.61. The van der Waals surface area contributed by atoms with Crippen LogP contribution in [0.4, 0.5) is 21.6 Å². The third-order valence-corrected chi connectivity index (χ3v) is 2.59. The van der Waals surface area contributed by atoms with Crippen molar-refractivity contribution in [2.45, 2.75) is 6.92 Å². The molecule has 0 saturated carbocycles. The molecule has 18 heavy (non-hydrogen) atoms. The van der Waals surface area contributed by atoms with E-state index in [2.05, 4.69) is 10.3 Å². The third-order valence-electron chi connectivity index (χ3n) is 2.59. The molecule has 0 bridgehead atoms. The molecule has 0 aliphatic heterocycles. The maximum Gasteiger partial charge on any atom is 0.146 e. The number of benzene rings is 1. The summed E-state index contributed by atoms with van der Waals surface area (Å²) >= 11 is 0. The summed E-state index contributed by atoms with van der Waals surface area (Å²) in [5, 5.41) is 2.89. The molecule has 0 spiro atoms. The molecule has 1 heterocycles. The molecule has 0 fully saturated rings. The van der Waals surface area contributed by atoms with Crippen LogP contribution in [-0.4, -0.2) is 12.1 Å². The van der Waals surface area contributed by atoms with Gasteiger partial charge in [0.15, 0.2) is 0 Å². The van der Waals surface area contributed by atoms with Crippen molar-refractivity contribution < 1.29 is 9.13 Å². The van der Waals surface area contributed by atoms with Gasteiger partial charge in [-0.05, 0) is 30.7 Å². The molecule has 1 aromatic heterocycles. The van der Waals surface area contributed by atoms with Crippen LogP contribution < -0.4 is 15.8 Å². The van der Waals surface area contributed by atoms with Gasteiger partial charge >= 0.3 is 0 Å². The quantitative estimate of drug-likeness (QED) is 0.875. The van der Waals surface area contributed by atoms with Gasteiger partial charge in [-0.1, -0.05) is 0 Å². The monoisotopic (exact) mass is 247 g/mol. The minimum Gasteiger partial charge on any atom is -0.497 e. The van der Waals surface area contributed by atoms with E-state index >= 15 is 0 Å². The van der Waals surface area contributed by atoms with Gasteiger partial charge in [-0.2, -0.15) is 0 Å². The highest BCUT2D eigenvalue weighted by Gasteiger charge is 2.06. The SMILES string of the molecule is COc1ccc(F)c(Nc2cc(C)c(N)cn2)c1. The average Bonchev–Trinajstić information content (AvgIpc) is 2.36. The summed E-state index contributed by atoms with van der Waals surface area (Å²) in [6, 6.07) is 6.23. The summed E-state index contributed by atoms with van der Waals surface area (Å²) in [5.74, 6) is 0.743. The molecule has 5 heteroatoms. The highest BCUT2D eigenvalue weighted by atomic mass is 19.1. The first-order valence-corrected chi connectivity index (χ1v) is 5.43. The molecule has 0 saturated heterocycles. The van der Waals surface area contributed by atoms with Crippen LogP contribution in [0, 0.1) is 12.7 Å². The number of halogens is 1. The van der Waals surface area contributed by atoms with Crippen LogP contribution in [0.15, 0.2) is 30.5 Å². The van der Waals surface area contributed by atoms with Crippen molar-refractivity contribution in [3.63, 3.8) is 0 Å². The summed E-state index contributed by atoms with van der Waals surface area (Å²) in [5.41, 5.74) is 7.47. The van der Waals surface area contributed by atoms with E-state index in [0.29, 0.717) is 22.9 Å². The molecule has 4 nitrogen and oxygen atoms in total. The van der Waals surface area contributed by atoms with Crippen LogP contribution in [0.1, 0.15) is 5.56 Å². The highest BCUT2D eigenvalue weighted by Crippen LogP contribution is 2.24. The zero-order chi connectivity index (χ0) is 13.1. The fraction of sp³-hybridized carbons (Fsp3) is 0.154. The molecular weight excluding hydrogens is 233 g/mol. The smallest absolute Gasteiger partial charge is 0.146 e. The zero-order valence-electron chi connectivity index (χ0n) is 10.2. The summed E-state index contributed by atoms with van der Waals surface area (Å²) in [6.07, 6.45) is 1.54. The van der Waals surface area contributed by atoms with Crippen LogP contribution in [0.5, 0.6) is 5.75 Å². The molecule has 3 N–H and O–H groups in total. The molecule has 94 valence electrons. The van der Waals surface area contributed by atoms with E-state index in [1.165, 1.54) is 19.4 Å². The topological polar surface area (TPSA) is 60.2 Å². The van der Waals surface area contributed by atoms with Crippen molar-refractivity contribution >= 4 is 17.2 Å². The van der Waals surface area contributed by atoms with Gasteiger partial charge in [0.1, 0.15) is 17.4 Å². The molecule has 1 aromatic carbocycles. The molecule has 0 radical (unpaired) electrons. The van der Waals surface area contributed by atoms with Gasteiger partial charge in [-0.3, -0.25) is 0 Å². The summed E-state index contributed by atoms with van der Waals surface area (Å²) in [6.45, 7) is 1.87. The Labute approximate surface area is 105 Å². The fourth-order valence-corrected chi connectivity index (χ4v) is 1.50. The van der Waals surface area contributed by atoms with E-state index in [0.717, 1.165) is 5.56 Å². The van der Waals surface area contributed by atoms with Crippen LogP contribution >= 0.6 is 0 Å². The number of methoxy groups -OCH3 is 1. The molecular formula is C13H14FN3O. The van der Waals surface area contributed by atoms with Crippen LogP contribution in [-0.2, 0) is 0 Å². The maximum absolute atomic E-state index is 13.6. The number of hydrogen-bond acceptors (Lipinski definition) is 4. The summed E-state index contributed by atoms with van der Waals surface area (Å²) < 4.78 is 18.6. The van der Waals surface area contributed by atoms with Gasteiger partial charge in [0, 0.05) is 6.07 Å². The van der Waals surface area contributed by atoms with Crippen molar-refractivity contribution in [1.82, 2.24) is 4.98 Å². The number of aromatic nitrogens is 1. The van der Waals surface area contributed by atoms with Crippen LogP contribution in [0.3, 0.4) is 0 Å². The number of nitrogens with two attached hydrogens (primary N) is 1. The van der Waals surface area contributed by atoms with Gasteiger partial charge in [0.05, 0.1) is 24.7 Å². The Hall–Kier alpha value is -2.30. The van der Waals surface area contributed by atoms with E-state index in [1.807, 2.05) is 6.92 Å². The van der Waals surface area contributed by atoms with Crippen LogP contribution in [0.2, 0.25) is 0 Å². The fourth-order valence-electron chi connectivity index (χ4n) is 1.50. The lowest BCUT2D eigenvalue weighted by molar-refractivity contribution is 0.414. The Balaban J connectivity index is 2.30. The molecule has 0 aliphatic carbocycles. The average molecular weight is 247 g/mol. The van der Waals surface area contributed by atoms with Gasteiger partial charge in [-0.15, -0.1) is 0 Å². The van der Waals surface area contributed by atoms with E-state index in [4.69, 9.17) is 10.5 Å². The summed E-state index contributed by atoms with van der Waals surface area (Å²) in [7, 11) is 1.53. The van der Waals surface area contributed by atoms with E-state index in [9.17, 15) is 4.39 Å². The second-order valence-corrected chi connectivity index (χ2v) is 3.90. The van der Waals surface area contributed by atoms with E-state index in [-0.39, 0.29) is 5.82 Å². The lowest BCUT2D eigenvalue weighted by Gasteiger charge is -2.09. The first-order chi connectivity index (χ1) is 8.60. The Kier molecular flexibility index (Phi) is 3.32. The Morgan fingerprint density at radius 1 is 1.33 bits per heavy atom. The second kappa shape index (κ2) is 4.91. The van der Waals surface area contributed by atoms with E-state index < -0.39 is 0 Å². The minimum atomic E-state index is -0.368. The Bertz CT molecular complexity index is 572. The van der Waals surface area contributed by atoms with Crippen molar-refractivity contribution in [3.05, 3.63) is 41.8 Å². The van der Waals surface area contributed by atoms with Crippen LogP contribution in [0.25, 0.3) is 0 Å². The molecule has 0 aliphatic rings. The van der Waals surface area contributed by atoms with Crippen molar-refractivity contribution in [2.24, 2.45) is 0 Å². The number of nitrogens with zero attached hydrogens (tertiary/aromatic N) is 1. The predicted octanol–water partition coefficient (Wildman–Crippen LogP) is 2.86. The van der Waals surface area contributed by atoms with Gasteiger partial charge in [-0.25, -0.2) is 9.37 Å². The maximum atomic E-state index is 13.6. The lowest BCUT2D eigenvalue weighted by Crippen LogP contribution is -1.99. The van der Waals surface area contributed by atoms with Gasteiger partial charge in [0.2, 0.25) is 0 Å². The summed E-state index contributed by atoms with van der Waals surface area (Å²) in [4.78, 5) is 4.09. The number of nitrogens with one attached hydrogen (secondary N) is 1. The molecule has 2 aromatic rings. The van der Waals surface area contributed by atoms with Crippen molar-refractivity contribution in [1.29, 1.82) is 0 Å². The minimum absolute atomic E-state index is 0.311. The Morgan fingerprint density at radius 3 is 2.78 bits per heavy atom. The van der Waals surface area contributed by atoms with Crippen molar-refractivity contribution in [2.75, 3.05) is 18.2 Å². The van der Waals surface area contributed by atoms with Crippen molar-refractivity contribution in [3.8, 4) is 5.75 Å².